The molecule has 2 N–H and O–H groups in total. The molecule has 0 saturated carbocycles. The van der Waals surface area contributed by atoms with E-state index in [0.29, 0.717) is 5.56 Å². The number of amides is 1. The summed E-state index contributed by atoms with van der Waals surface area (Å²) in [6, 6.07) is 9.65. The molecule has 0 bridgehead atoms. The number of pyridine rings is 1. The SMILES string of the molecule is COc1cccc(-c2cnc3c(CCCc4cncc(C(N)=O)c4)cnn3c2)c1. The Balaban J connectivity index is 1.48. The molecule has 0 aliphatic carbocycles. The van der Waals surface area contributed by atoms with Crippen molar-refractivity contribution in [3.8, 4) is 16.9 Å². The van der Waals surface area contributed by atoms with Crippen LogP contribution in [-0.2, 0) is 12.8 Å². The molecule has 0 atom stereocenters. The lowest BCUT2D eigenvalue weighted by atomic mass is 10.1. The summed E-state index contributed by atoms with van der Waals surface area (Å²) in [5.74, 6) is 0.344. The van der Waals surface area contributed by atoms with E-state index in [1.165, 1.54) is 6.20 Å². The van der Waals surface area contributed by atoms with Crippen LogP contribution in [0.25, 0.3) is 16.8 Å². The van der Waals surface area contributed by atoms with Crippen LogP contribution in [0.15, 0.2) is 61.3 Å². The average molecular weight is 387 g/mol. The summed E-state index contributed by atoms with van der Waals surface area (Å²) in [5.41, 5.74) is 10.7. The maximum atomic E-state index is 11.3. The van der Waals surface area contributed by atoms with Crippen molar-refractivity contribution in [2.45, 2.75) is 19.3 Å². The largest absolute Gasteiger partial charge is 0.497 e. The van der Waals surface area contributed by atoms with Gasteiger partial charge in [0, 0.05) is 35.9 Å². The number of nitrogens with zero attached hydrogens (tertiary/aromatic N) is 4. The van der Waals surface area contributed by atoms with E-state index in [2.05, 4.69) is 15.1 Å². The molecule has 7 heteroatoms. The minimum atomic E-state index is -0.460. The highest BCUT2D eigenvalue weighted by Gasteiger charge is 2.09. The van der Waals surface area contributed by atoms with Crippen molar-refractivity contribution in [3.63, 3.8) is 0 Å². The van der Waals surface area contributed by atoms with Crippen LogP contribution < -0.4 is 10.5 Å². The lowest BCUT2D eigenvalue weighted by Crippen LogP contribution is -2.11. The Labute approximate surface area is 168 Å². The number of methoxy groups -OCH3 is 1. The number of fused-ring (bicyclic) bond motifs is 1. The molecule has 4 aromatic rings. The zero-order chi connectivity index (χ0) is 20.2. The van der Waals surface area contributed by atoms with Crippen molar-refractivity contribution < 1.29 is 9.53 Å². The highest BCUT2D eigenvalue weighted by molar-refractivity contribution is 5.92. The van der Waals surface area contributed by atoms with Gasteiger partial charge in [-0.05, 0) is 48.6 Å². The summed E-state index contributed by atoms with van der Waals surface area (Å²) in [5, 5.41) is 4.46. The van der Waals surface area contributed by atoms with Crippen LogP contribution >= 0.6 is 0 Å². The van der Waals surface area contributed by atoms with Gasteiger partial charge in [0.1, 0.15) is 5.75 Å². The Kier molecular flexibility index (Phi) is 5.20. The summed E-state index contributed by atoms with van der Waals surface area (Å²) in [6.07, 6.45) is 11.5. The smallest absolute Gasteiger partial charge is 0.250 e. The highest BCUT2D eigenvalue weighted by Crippen LogP contribution is 2.24. The number of carbonyl (C=O) groups excluding carboxylic acids is 1. The molecule has 3 heterocycles. The van der Waals surface area contributed by atoms with Crippen LogP contribution in [-0.4, -0.2) is 32.6 Å². The first-order valence-electron chi connectivity index (χ1n) is 9.34. The van der Waals surface area contributed by atoms with Gasteiger partial charge < -0.3 is 10.5 Å². The summed E-state index contributed by atoms with van der Waals surface area (Å²) in [4.78, 5) is 20.0. The van der Waals surface area contributed by atoms with E-state index in [9.17, 15) is 4.79 Å². The molecule has 0 saturated heterocycles. The molecule has 7 nitrogen and oxygen atoms in total. The van der Waals surface area contributed by atoms with Gasteiger partial charge in [0.05, 0.1) is 18.9 Å². The van der Waals surface area contributed by atoms with Crippen molar-refractivity contribution in [3.05, 3.63) is 78.0 Å². The van der Waals surface area contributed by atoms with Crippen LogP contribution in [0.3, 0.4) is 0 Å². The third-order valence-electron chi connectivity index (χ3n) is 4.82. The van der Waals surface area contributed by atoms with E-state index in [4.69, 9.17) is 10.5 Å². The fraction of sp³-hybridized carbons (Fsp3) is 0.182. The molecule has 29 heavy (non-hydrogen) atoms. The van der Waals surface area contributed by atoms with Crippen LogP contribution in [0.2, 0.25) is 0 Å². The second kappa shape index (κ2) is 8.10. The van der Waals surface area contributed by atoms with Gasteiger partial charge in [-0.1, -0.05) is 12.1 Å². The molecule has 1 aromatic carbocycles. The van der Waals surface area contributed by atoms with Crippen molar-refractivity contribution in [2.24, 2.45) is 5.73 Å². The molecule has 0 aliphatic rings. The van der Waals surface area contributed by atoms with Crippen LogP contribution in [0.1, 0.15) is 27.9 Å². The second-order valence-corrected chi connectivity index (χ2v) is 6.81. The summed E-state index contributed by atoms with van der Waals surface area (Å²) in [7, 11) is 1.65. The normalized spacial score (nSPS) is 10.9. The maximum Gasteiger partial charge on any atom is 0.250 e. The molecular weight excluding hydrogens is 366 g/mol. The van der Waals surface area contributed by atoms with Gasteiger partial charge in [0.2, 0.25) is 5.91 Å². The van der Waals surface area contributed by atoms with Gasteiger partial charge >= 0.3 is 0 Å². The molecular formula is C22H21N5O2. The Morgan fingerprint density at radius 3 is 2.83 bits per heavy atom. The zero-order valence-corrected chi connectivity index (χ0v) is 16.1. The second-order valence-electron chi connectivity index (χ2n) is 6.81. The topological polar surface area (TPSA) is 95.4 Å². The standard InChI is InChI=1S/C22H21N5O2/c1-29-20-7-3-5-16(9-20)19-12-25-22-17(13-26-27(22)14-19)6-2-4-15-8-18(21(23)28)11-24-10-15/h3,5,7-14H,2,4,6H2,1H3,(H2,23,28). The van der Waals surface area contributed by atoms with E-state index in [0.717, 1.165) is 52.9 Å². The predicted molar refractivity (Wildman–Crippen MR) is 110 cm³/mol. The number of ether oxygens (including phenoxy) is 1. The van der Waals surface area contributed by atoms with Gasteiger partial charge in [0.15, 0.2) is 5.65 Å². The zero-order valence-electron chi connectivity index (χ0n) is 16.1. The Bertz CT molecular complexity index is 1170. The molecule has 0 fully saturated rings. The molecule has 1 amide bonds. The van der Waals surface area contributed by atoms with Crippen LogP contribution in [0, 0.1) is 0 Å². The molecule has 0 spiro atoms. The first kappa shape index (κ1) is 18.6. The van der Waals surface area contributed by atoms with Gasteiger partial charge in [-0.25, -0.2) is 9.50 Å². The number of aryl methyl sites for hydroxylation is 2. The van der Waals surface area contributed by atoms with Crippen molar-refractivity contribution in [1.29, 1.82) is 0 Å². The first-order chi connectivity index (χ1) is 14.1. The molecule has 4 rings (SSSR count). The van der Waals surface area contributed by atoms with E-state index < -0.39 is 5.91 Å². The number of hydrogen-bond donors (Lipinski definition) is 1. The lowest BCUT2D eigenvalue weighted by Gasteiger charge is -2.05. The third-order valence-corrected chi connectivity index (χ3v) is 4.82. The number of aromatic nitrogens is 4. The van der Waals surface area contributed by atoms with Crippen LogP contribution in [0.4, 0.5) is 0 Å². The third kappa shape index (κ3) is 4.08. The van der Waals surface area contributed by atoms with Crippen molar-refractivity contribution in [2.75, 3.05) is 7.11 Å². The number of benzene rings is 1. The monoisotopic (exact) mass is 387 g/mol. The number of primary amides is 1. The maximum absolute atomic E-state index is 11.3. The Hall–Kier alpha value is -3.74. The Morgan fingerprint density at radius 1 is 1.10 bits per heavy atom. The van der Waals surface area contributed by atoms with E-state index in [1.54, 1.807) is 23.9 Å². The van der Waals surface area contributed by atoms with Gasteiger partial charge in [-0.3, -0.25) is 9.78 Å². The number of nitrogens with two attached hydrogens (primary N) is 1. The fourth-order valence-corrected chi connectivity index (χ4v) is 3.29. The van der Waals surface area contributed by atoms with E-state index in [-0.39, 0.29) is 0 Å². The van der Waals surface area contributed by atoms with E-state index >= 15 is 0 Å². The quantitative estimate of drug-likeness (QED) is 0.526. The minimum Gasteiger partial charge on any atom is -0.497 e. The molecule has 146 valence electrons. The molecule has 0 unspecified atom stereocenters. The summed E-state index contributed by atoms with van der Waals surface area (Å²) in [6.45, 7) is 0. The predicted octanol–water partition coefficient (Wildman–Crippen LogP) is 3.07. The Morgan fingerprint density at radius 2 is 2.00 bits per heavy atom. The molecule has 0 radical (unpaired) electrons. The van der Waals surface area contributed by atoms with Crippen molar-refractivity contribution in [1.82, 2.24) is 19.6 Å². The number of hydrogen-bond acceptors (Lipinski definition) is 5. The summed E-state index contributed by atoms with van der Waals surface area (Å²) >= 11 is 0. The number of rotatable bonds is 7. The lowest BCUT2D eigenvalue weighted by molar-refractivity contribution is 0.1000. The summed E-state index contributed by atoms with van der Waals surface area (Å²) < 4.78 is 7.10. The molecule has 3 aromatic heterocycles. The first-order valence-corrected chi connectivity index (χ1v) is 9.34. The van der Waals surface area contributed by atoms with Crippen molar-refractivity contribution >= 4 is 11.6 Å². The van der Waals surface area contributed by atoms with Gasteiger partial charge in [0.25, 0.3) is 0 Å². The molecule has 0 aliphatic heterocycles. The average Bonchev–Trinajstić information content (AvgIpc) is 3.16. The van der Waals surface area contributed by atoms with Gasteiger partial charge in [-0.2, -0.15) is 5.10 Å². The van der Waals surface area contributed by atoms with E-state index in [1.807, 2.05) is 42.9 Å². The minimum absolute atomic E-state index is 0.435. The fourth-order valence-electron chi connectivity index (χ4n) is 3.29. The van der Waals surface area contributed by atoms with Crippen LogP contribution in [0.5, 0.6) is 5.75 Å². The van der Waals surface area contributed by atoms with Gasteiger partial charge in [-0.15, -0.1) is 0 Å². The number of carbonyl (C=O) groups is 1. The highest BCUT2D eigenvalue weighted by atomic mass is 16.5.